The predicted molar refractivity (Wildman–Crippen MR) is 86.0 cm³/mol. The van der Waals surface area contributed by atoms with Crippen molar-refractivity contribution in [3.63, 3.8) is 0 Å². The topological polar surface area (TPSA) is 63.5 Å². The van der Waals surface area contributed by atoms with Gasteiger partial charge in [0.2, 0.25) is 0 Å². The molecule has 0 N–H and O–H groups in total. The first-order chi connectivity index (χ1) is 10.9. The van der Waals surface area contributed by atoms with Gasteiger partial charge < -0.3 is 4.90 Å². The molecular formula is C17H23FN2O3. The average Bonchev–Trinajstić information content (AvgIpc) is 2.48. The molecule has 0 bridgehead atoms. The van der Waals surface area contributed by atoms with Gasteiger partial charge in [0.05, 0.1) is 10.5 Å². The Morgan fingerprint density at radius 3 is 2.35 bits per heavy atom. The molecule has 23 heavy (non-hydrogen) atoms. The summed E-state index contributed by atoms with van der Waals surface area (Å²) >= 11 is 0. The van der Waals surface area contributed by atoms with Crippen LogP contribution >= 0.6 is 0 Å². The van der Waals surface area contributed by atoms with Crippen molar-refractivity contribution in [2.45, 2.75) is 57.9 Å². The Kier molecular flexibility index (Phi) is 5.69. The van der Waals surface area contributed by atoms with Gasteiger partial charge in [0.1, 0.15) is 5.82 Å². The smallest absolute Gasteiger partial charge is 0.276 e. The fourth-order valence-corrected chi connectivity index (χ4v) is 3.17. The molecule has 1 fully saturated rings. The van der Waals surface area contributed by atoms with Gasteiger partial charge in [0.25, 0.3) is 11.6 Å². The third-order valence-electron chi connectivity index (χ3n) is 4.70. The Bertz CT molecular complexity index is 596. The molecule has 1 saturated carbocycles. The van der Waals surface area contributed by atoms with Gasteiger partial charge in [-0.25, -0.2) is 4.39 Å². The minimum atomic E-state index is -0.714. The molecule has 1 aromatic rings. The lowest BCUT2D eigenvalue weighted by Crippen LogP contribution is -2.37. The highest BCUT2D eigenvalue weighted by atomic mass is 19.1. The number of carbonyl (C=O) groups excluding carboxylic acids is 1. The summed E-state index contributed by atoms with van der Waals surface area (Å²) in [4.78, 5) is 24.6. The van der Waals surface area contributed by atoms with Gasteiger partial charge in [0.15, 0.2) is 0 Å². The van der Waals surface area contributed by atoms with E-state index < -0.39 is 10.7 Å². The van der Waals surface area contributed by atoms with Crippen LogP contribution in [0.15, 0.2) is 12.1 Å². The fourth-order valence-electron chi connectivity index (χ4n) is 3.17. The quantitative estimate of drug-likeness (QED) is 0.618. The second-order valence-electron chi connectivity index (χ2n) is 6.27. The highest BCUT2D eigenvalue weighted by molar-refractivity contribution is 5.95. The first-order valence-corrected chi connectivity index (χ1v) is 8.13. The van der Waals surface area contributed by atoms with Crippen LogP contribution in [0.4, 0.5) is 10.1 Å². The number of amides is 1. The summed E-state index contributed by atoms with van der Waals surface area (Å²) in [7, 11) is 1.71. The summed E-state index contributed by atoms with van der Waals surface area (Å²) in [6.45, 7) is 1.35. The maximum Gasteiger partial charge on any atom is 0.276 e. The highest BCUT2D eigenvalue weighted by Crippen LogP contribution is 2.26. The molecule has 0 unspecified atom stereocenters. The van der Waals surface area contributed by atoms with E-state index in [1.165, 1.54) is 32.3 Å². The van der Waals surface area contributed by atoms with Crippen LogP contribution in [0.5, 0.6) is 0 Å². The molecule has 1 aliphatic carbocycles. The molecule has 0 radical (unpaired) electrons. The van der Waals surface area contributed by atoms with E-state index in [1.807, 2.05) is 0 Å². The molecule has 0 saturated heterocycles. The third-order valence-corrected chi connectivity index (χ3v) is 4.70. The van der Waals surface area contributed by atoms with E-state index >= 15 is 0 Å². The van der Waals surface area contributed by atoms with Crippen molar-refractivity contribution in [1.82, 2.24) is 4.90 Å². The van der Waals surface area contributed by atoms with E-state index in [0.29, 0.717) is 0 Å². The second kappa shape index (κ2) is 7.53. The largest absolute Gasteiger partial charge is 0.339 e. The molecule has 1 aromatic carbocycles. The Balaban J connectivity index is 2.23. The molecule has 126 valence electrons. The van der Waals surface area contributed by atoms with Crippen molar-refractivity contribution in [3.05, 3.63) is 39.2 Å². The van der Waals surface area contributed by atoms with Crippen LogP contribution in [0.25, 0.3) is 0 Å². The summed E-state index contributed by atoms with van der Waals surface area (Å²) < 4.78 is 13.9. The normalized spacial score (nSPS) is 16.5. The van der Waals surface area contributed by atoms with E-state index in [1.54, 1.807) is 11.9 Å². The number of carbonyl (C=O) groups is 1. The van der Waals surface area contributed by atoms with E-state index in [0.717, 1.165) is 31.7 Å². The Morgan fingerprint density at radius 1 is 1.22 bits per heavy atom. The molecule has 2 rings (SSSR count). The zero-order valence-electron chi connectivity index (χ0n) is 13.7. The summed E-state index contributed by atoms with van der Waals surface area (Å²) in [6, 6.07) is 2.40. The van der Waals surface area contributed by atoms with Crippen molar-refractivity contribution in [1.29, 1.82) is 0 Å². The molecule has 1 amide bonds. The molecule has 0 atom stereocenters. The van der Waals surface area contributed by atoms with E-state index in [2.05, 4.69) is 0 Å². The zero-order valence-corrected chi connectivity index (χ0v) is 13.7. The van der Waals surface area contributed by atoms with Gasteiger partial charge in [-0.2, -0.15) is 0 Å². The van der Waals surface area contributed by atoms with E-state index in [9.17, 15) is 19.3 Å². The van der Waals surface area contributed by atoms with Gasteiger partial charge in [-0.3, -0.25) is 14.9 Å². The molecule has 1 aliphatic rings. The fraction of sp³-hybridized carbons (Fsp3) is 0.588. The minimum Gasteiger partial charge on any atom is -0.339 e. The Hall–Kier alpha value is -1.98. The molecule has 0 heterocycles. The number of halogens is 1. The first kappa shape index (κ1) is 17.4. The number of nitro benzene ring substituents is 1. The van der Waals surface area contributed by atoms with E-state index in [-0.39, 0.29) is 28.8 Å². The molecule has 0 aliphatic heterocycles. The summed E-state index contributed by atoms with van der Waals surface area (Å²) in [5.74, 6) is -1.06. The first-order valence-electron chi connectivity index (χ1n) is 8.13. The average molecular weight is 322 g/mol. The lowest BCUT2D eigenvalue weighted by Gasteiger charge is -2.30. The molecule has 6 heteroatoms. The molecule has 0 aromatic heterocycles. The molecular weight excluding hydrogens is 299 g/mol. The van der Waals surface area contributed by atoms with Crippen LogP contribution in [-0.2, 0) is 0 Å². The summed E-state index contributed by atoms with van der Waals surface area (Å²) in [5, 5.41) is 11.0. The number of nitro groups is 1. The third kappa shape index (κ3) is 4.06. The van der Waals surface area contributed by atoms with Gasteiger partial charge in [-0.05, 0) is 25.8 Å². The number of nitrogens with zero attached hydrogens (tertiary/aromatic N) is 2. The van der Waals surface area contributed by atoms with Crippen molar-refractivity contribution in [3.8, 4) is 0 Å². The SMILES string of the molecule is Cc1c(F)cc(C(=O)N(C)C2CCCCCCC2)cc1[N+](=O)[O-]. The molecule has 0 spiro atoms. The standard InChI is InChI=1S/C17H23FN2O3/c1-12-15(18)10-13(11-16(12)20(22)23)17(21)19(2)14-8-6-4-3-5-7-9-14/h10-11,14H,3-9H2,1-2H3. The minimum absolute atomic E-state index is 0.0415. The van der Waals surface area contributed by atoms with E-state index in [4.69, 9.17) is 0 Å². The van der Waals surface area contributed by atoms with Gasteiger partial charge in [-0.1, -0.05) is 32.1 Å². The number of rotatable bonds is 3. The monoisotopic (exact) mass is 322 g/mol. The number of hydrogen-bond acceptors (Lipinski definition) is 3. The predicted octanol–water partition coefficient (Wildman–Crippen LogP) is 4.23. The van der Waals surface area contributed by atoms with Crippen LogP contribution in [0.2, 0.25) is 0 Å². The molecule has 5 nitrogen and oxygen atoms in total. The van der Waals surface area contributed by atoms with Crippen molar-refractivity contribution in [2.75, 3.05) is 7.05 Å². The lowest BCUT2D eigenvalue weighted by atomic mass is 9.95. The zero-order chi connectivity index (χ0) is 17.0. The maximum atomic E-state index is 13.9. The van der Waals surface area contributed by atoms with Crippen molar-refractivity contribution >= 4 is 11.6 Å². The van der Waals surface area contributed by atoms with Crippen LogP contribution in [0.3, 0.4) is 0 Å². The van der Waals surface area contributed by atoms with Crippen molar-refractivity contribution in [2.24, 2.45) is 0 Å². The highest BCUT2D eigenvalue weighted by Gasteiger charge is 2.25. The Morgan fingerprint density at radius 2 is 1.78 bits per heavy atom. The van der Waals surface area contributed by atoms with Gasteiger partial charge in [0, 0.05) is 24.7 Å². The van der Waals surface area contributed by atoms with Crippen LogP contribution in [-0.4, -0.2) is 28.8 Å². The van der Waals surface area contributed by atoms with Gasteiger partial charge in [-0.15, -0.1) is 0 Å². The van der Waals surface area contributed by atoms with Crippen molar-refractivity contribution < 1.29 is 14.1 Å². The van der Waals surface area contributed by atoms with Crippen LogP contribution < -0.4 is 0 Å². The number of hydrogen-bond donors (Lipinski definition) is 0. The van der Waals surface area contributed by atoms with Crippen LogP contribution in [0, 0.1) is 22.9 Å². The maximum absolute atomic E-state index is 13.9. The van der Waals surface area contributed by atoms with Crippen LogP contribution in [0.1, 0.15) is 60.9 Å². The second-order valence-corrected chi connectivity index (χ2v) is 6.27. The number of benzene rings is 1. The Labute approximate surface area is 135 Å². The summed E-state index contributed by atoms with van der Waals surface area (Å²) in [6.07, 6.45) is 7.58. The lowest BCUT2D eigenvalue weighted by molar-refractivity contribution is -0.385. The summed E-state index contributed by atoms with van der Waals surface area (Å²) in [5.41, 5.74) is -0.344. The van der Waals surface area contributed by atoms with Gasteiger partial charge >= 0.3 is 0 Å².